The normalized spacial score (nSPS) is 13.1. The van der Waals surface area contributed by atoms with Gasteiger partial charge >= 0.3 is 5.97 Å². The van der Waals surface area contributed by atoms with E-state index in [-0.39, 0.29) is 12.4 Å². The summed E-state index contributed by atoms with van der Waals surface area (Å²) in [5.74, 6) is 5.41. The van der Waals surface area contributed by atoms with E-state index in [1.165, 1.54) is 7.11 Å². The molecule has 2 aromatic heterocycles. The number of hydrogen-bond donors (Lipinski definition) is 1. The number of benzene rings is 2. The lowest BCUT2D eigenvalue weighted by Crippen LogP contribution is -2.22. The molecule has 0 aliphatic rings. The summed E-state index contributed by atoms with van der Waals surface area (Å²) in [6, 6.07) is 15.9. The molecule has 4 aromatic rings. The largest absolute Gasteiger partial charge is 0.464 e. The summed E-state index contributed by atoms with van der Waals surface area (Å²) in [5.41, 5.74) is 1.22. The second-order valence-corrected chi connectivity index (χ2v) is 15.8. The van der Waals surface area contributed by atoms with Crippen molar-refractivity contribution in [3.05, 3.63) is 71.7 Å². The van der Waals surface area contributed by atoms with Gasteiger partial charge < -0.3 is 14.6 Å². The van der Waals surface area contributed by atoms with Crippen LogP contribution in [0.1, 0.15) is 28.7 Å². The second kappa shape index (κ2) is 10.7. The van der Waals surface area contributed by atoms with Crippen molar-refractivity contribution >= 4 is 24.9 Å². The van der Waals surface area contributed by atoms with Gasteiger partial charge in [-0.3, -0.25) is 0 Å². The number of nitrogens with zero attached hydrogens (tertiary/aromatic N) is 5. The maximum absolute atomic E-state index is 12.2. The van der Waals surface area contributed by atoms with Gasteiger partial charge in [0.1, 0.15) is 12.4 Å². The first-order valence-electron chi connectivity index (χ1n) is 12.0. The van der Waals surface area contributed by atoms with E-state index >= 15 is 0 Å². The first-order chi connectivity index (χ1) is 17.6. The first kappa shape index (κ1) is 26.3. The average Bonchev–Trinajstić information content (AvgIpc) is 3.51. The van der Waals surface area contributed by atoms with E-state index < -0.39 is 19.6 Å². The summed E-state index contributed by atoms with van der Waals surface area (Å²) >= 11 is 0. The van der Waals surface area contributed by atoms with Gasteiger partial charge in [0, 0.05) is 25.6 Å². The van der Waals surface area contributed by atoms with E-state index in [9.17, 15) is 9.90 Å². The number of fused-ring (bicyclic) bond motifs is 1. The van der Waals surface area contributed by atoms with Crippen molar-refractivity contribution in [2.24, 2.45) is 0 Å². The summed E-state index contributed by atoms with van der Waals surface area (Å²) in [5, 5.41) is 24.3. The van der Waals surface area contributed by atoms with Gasteiger partial charge in [-0.1, -0.05) is 61.0 Å². The number of ether oxygens (including phenoxy) is 2. The number of carbonyl (C=O) groups is 1. The quantitative estimate of drug-likeness (QED) is 0.163. The van der Waals surface area contributed by atoms with Crippen molar-refractivity contribution in [2.75, 3.05) is 13.7 Å². The topological polar surface area (TPSA) is 104 Å². The molecule has 0 saturated heterocycles. The molecule has 192 valence electrons. The molecule has 0 saturated carbocycles. The molecule has 0 amide bonds. The summed E-state index contributed by atoms with van der Waals surface area (Å²) < 4.78 is 13.8. The fraction of sp³-hybridized carbons (Fsp3) is 0.333. The molecular weight excluding hydrogens is 486 g/mol. The lowest BCUT2D eigenvalue weighted by Gasteiger charge is -2.15. The second-order valence-electron chi connectivity index (χ2n) is 10.1. The average molecular weight is 518 g/mol. The Kier molecular flexibility index (Phi) is 7.59. The third-order valence-corrected chi connectivity index (χ3v) is 7.47. The molecule has 10 heteroatoms. The minimum atomic E-state index is -1.51. The number of rotatable bonds is 8. The summed E-state index contributed by atoms with van der Waals surface area (Å²) in [4.78, 5) is 12.2. The van der Waals surface area contributed by atoms with Crippen molar-refractivity contribution < 1.29 is 19.4 Å². The van der Waals surface area contributed by atoms with E-state index in [0.29, 0.717) is 23.3 Å². The number of aromatic nitrogens is 5. The molecule has 1 unspecified atom stereocenters. The number of carbonyl (C=O) groups excluding carboxylic acids is 1. The highest BCUT2D eigenvalue weighted by Gasteiger charge is 2.24. The Bertz CT molecular complexity index is 1470. The van der Waals surface area contributed by atoms with Crippen LogP contribution in [0.3, 0.4) is 0 Å². The molecule has 2 heterocycles. The van der Waals surface area contributed by atoms with Gasteiger partial charge in [-0.15, -0.1) is 5.10 Å². The third kappa shape index (κ3) is 6.32. The molecule has 0 aliphatic heterocycles. The molecule has 37 heavy (non-hydrogen) atoms. The maximum atomic E-state index is 12.2. The molecule has 1 N–H and O–H groups in total. The minimum absolute atomic E-state index is 0.241. The highest BCUT2D eigenvalue weighted by Crippen LogP contribution is 2.23. The Labute approximate surface area is 217 Å². The Hall–Kier alpha value is -3.78. The first-order valence-corrected chi connectivity index (χ1v) is 15.7. The summed E-state index contributed by atoms with van der Waals surface area (Å²) in [6.45, 7) is 9.41. The minimum Gasteiger partial charge on any atom is -0.464 e. The summed E-state index contributed by atoms with van der Waals surface area (Å²) in [7, 11) is 0.169. The third-order valence-electron chi connectivity index (χ3n) is 5.76. The van der Waals surface area contributed by atoms with Crippen LogP contribution in [0.5, 0.6) is 0 Å². The van der Waals surface area contributed by atoms with Gasteiger partial charge in [0.05, 0.1) is 24.5 Å². The van der Waals surface area contributed by atoms with Crippen LogP contribution < -0.4 is 0 Å². The highest BCUT2D eigenvalue weighted by atomic mass is 28.3. The number of methoxy groups -OCH3 is 1. The molecule has 4 rings (SSSR count). The smallest absolute Gasteiger partial charge is 0.359 e. The van der Waals surface area contributed by atoms with Gasteiger partial charge in [-0.05, 0) is 37.2 Å². The zero-order valence-electron chi connectivity index (χ0n) is 21.7. The van der Waals surface area contributed by atoms with E-state index in [1.807, 2.05) is 48.5 Å². The van der Waals surface area contributed by atoms with Gasteiger partial charge in [0.25, 0.3) is 0 Å². The molecule has 1 atom stereocenters. The van der Waals surface area contributed by atoms with Gasteiger partial charge in [-0.25, -0.2) is 14.2 Å². The molecule has 9 nitrogen and oxygen atoms in total. The fourth-order valence-electron chi connectivity index (χ4n) is 3.60. The van der Waals surface area contributed by atoms with Crippen molar-refractivity contribution in [3.8, 4) is 17.5 Å². The Morgan fingerprint density at radius 2 is 1.95 bits per heavy atom. The molecular formula is C27H31N5O4Si. The van der Waals surface area contributed by atoms with Gasteiger partial charge in [-0.2, -0.15) is 5.10 Å². The Morgan fingerprint density at radius 1 is 1.16 bits per heavy atom. The number of aliphatic hydroxyl groups is 1. The number of para-hydroxylation sites is 1. The predicted octanol–water partition coefficient (Wildman–Crippen LogP) is 3.98. The molecule has 0 spiro atoms. The number of hydrogen-bond acceptors (Lipinski definition) is 7. The molecule has 0 radical (unpaired) electrons. The van der Waals surface area contributed by atoms with Gasteiger partial charge in [0.2, 0.25) is 0 Å². The standard InChI is InChI=1S/C27H31N5O4Si/c1-27(34,24-18-31(30-28-24)19-36-15-16-37(3,4)5)14-13-20-9-8-10-21(17-20)32-23-12-7-6-11-22(23)25(29-32)26(33)35-2/h6-12,17-18,34H,15-16,19H2,1-5H3. The monoisotopic (exact) mass is 517 g/mol. The molecule has 0 fully saturated rings. The SMILES string of the molecule is COC(=O)c1nn(-c2cccc(C#CC(C)(O)c3cn(COCC[Si](C)(C)C)nn3)c2)c2ccccc12. The van der Waals surface area contributed by atoms with Crippen molar-refractivity contribution in [3.63, 3.8) is 0 Å². The van der Waals surface area contributed by atoms with Crippen molar-refractivity contribution in [1.29, 1.82) is 0 Å². The van der Waals surface area contributed by atoms with Crippen LogP contribution in [0.25, 0.3) is 16.6 Å². The summed E-state index contributed by atoms with van der Waals surface area (Å²) in [6.07, 6.45) is 1.64. The predicted molar refractivity (Wildman–Crippen MR) is 143 cm³/mol. The van der Waals surface area contributed by atoms with Crippen LogP contribution in [-0.4, -0.2) is 57.6 Å². The Balaban J connectivity index is 1.53. The fourth-order valence-corrected chi connectivity index (χ4v) is 4.36. The van der Waals surface area contributed by atoms with Crippen LogP contribution in [0.15, 0.2) is 54.7 Å². The van der Waals surface area contributed by atoms with E-state index in [1.54, 1.807) is 22.5 Å². The lowest BCUT2D eigenvalue weighted by atomic mass is 10.0. The Morgan fingerprint density at radius 3 is 2.70 bits per heavy atom. The van der Waals surface area contributed by atoms with Crippen molar-refractivity contribution in [2.45, 2.75) is 44.9 Å². The zero-order chi connectivity index (χ0) is 26.6. The zero-order valence-corrected chi connectivity index (χ0v) is 22.7. The molecule has 0 aliphatic carbocycles. The number of esters is 1. The lowest BCUT2D eigenvalue weighted by molar-refractivity contribution is 0.0595. The maximum Gasteiger partial charge on any atom is 0.359 e. The van der Waals surface area contributed by atoms with Crippen LogP contribution in [-0.2, 0) is 21.8 Å². The van der Waals surface area contributed by atoms with Crippen LogP contribution >= 0.6 is 0 Å². The van der Waals surface area contributed by atoms with E-state index in [2.05, 4.69) is 46.9 Å². The molecule has 0 bridgehead atoms. The van der Waals surface area contributed by atoms with Crippen LogP contribution in [0.4, 0.5) is 0 Å². The molecule has 2 aromatic carbocycles. The highest BCUT2D eigenvalue weighted by molar-refractivity contribution is 6.76. The van der Waals surface area contributed by atoms with Gasteiger partial charge in [0.15, 0.2) is 11.3 Å². The van der Waals surface area contributed by atoms with E-state index in [0.717, 1.165) is 17.2 Å². The van der Waals surface area contributed by atoms with Crippen LogP contribution in [0.2, 0.25) is 25.7 Å². The van der Waals surface area contributed by atoms with Crippen LogP contribution in [0, 0.1) is 11.8 Å². The van der Waals surface area contributed by atoms with E-state index in [4.69, 9.17) is 9.47 Å². The van der Waals surface area contributed by atoms with Crippen molar-refractivity contribution in [1.82, 2.24) is 24.8 Å².